The maximum absolute atomic E-state index is 5.98. The van der Waals surface area contributed by atoms with Gasteiger partial charge in [-0.05, 0) is 12.8 Å². The van der Waals surface area contributed by atoms with Crippen LogP contribution < -0.4 is 0 Å². The Balaban J connectivity index is 3.73. The summed E-state index contributed by atoms with van der Waals surface area (Å²) in [6, 6.07) is 0. The highest BCUT2D eigenvalue weighted by Crippen LogP contribution is 2.38. The van der Waals surface area contributed by atoms with E-state index in [0.29, 0.717) is 6.61 Å². The fourth-order valence-corrected chi connectivity index (χ4v) is 2.28. The smallest absolute Gasteiger partial charge is 0.195 e. The zero-order valence-corrected chi connectivity index (χ0v) is 13.7. The van der Waals surface area contributed by atoms with Crippen molar-refractivity contribution < 1.29 is 4.74 Å². The first kappa shape index (κ1) is 18.8. The van der Waals surface area contributed by atoms with Gasteiger partial charge >= 0.3 is 0 Å². The van der Waals surface area contributed by atoms with E-state index in [1.807, 2.05) is 0 Å². The molecule has 1 nitrogen and oxygen atoms in total. The molecule has 1 radical (unpaired) electrons. The Bertz CT molecular complexity index is 180. The predicted molar refractivity (Wildman–Crippen MR) is 82.6 cm³/mol. The average molecular weight is 317 g/mol. The van der Waals surface area contributed by atoms with Gasteiger partial charge in [0.25, 0.3) is 0 Å². The van der Waals surface area contributed by atoms with Crippen molar-refractivity contribution in [3.05, 3.63) is 6.92 Å². The molecule has 0 saturated heterocycles. The first-order chi connectivity index (χ1) is 8.52. The van der Waals surface area contributed by atoms with Crippen molar-refractivity contribution in [2.45, 2.75) is 62.1 Å². The Hall–Kier alpha value is 0.830. The van der Waals surface area contributed by atoms with Gasteiger partial charge in [-0.15, -0.1) is 0 Å². The number of halogens is 3. The second-order valence-corrected chi connectivity index (χ2v) is 7.09. The Morgan fingerprint density at radius 3 is 2.33 bits per heavy atom. The van der Waals surface area contributed by atoms with Gasteiger partial charge in [0.05, 0.1) is 6.61 Å². The fourth-order valence-electron chi connectivity index (χ4n) is 1.77. The van der Waals surface area contributed by atoms with E-state index in [9.17, 15) is 0 Å². The van der Waals surface area contributed by atoms with Gasteiger partial charge in [0.2, 0.25) is 0 Å². The van der Waals surface area contributed by atoms with Crippen LogP contribution in [0.1, 0.15) is 58.3 Å². The highest BCUT2D eigenvalue weighted by Gasteiger charge is 2.31. The lowest BCUT2D eigenvalue weighted by atomic mass is 10.0. The Labute approximate surface area is 128 Å². The molecule has 0 N–H and O–H groups in total. The lowest BCUT2D eigenvalue weighted by Gasteiger charge is -2.24. The largest absolute Gasteiger partial charge is 0.381 e. The number of hydrogen-bond donors (Lipinski definition) is 0. The van der Waals surface area contributed by atoms with Crippen molar-refractivity contribution in [3.63, 3.8) is 0 Å². The van der Waals surface area contributed by atoms with Crippen molar-refractivity contribution in [1.82, 2.24) is 0 Å². The number of ether oxygens (including phenoxy) is 1. The summed E-state index contributed by atoms with van der Waals surface area (Å²) in [6.07, 6.45) is 8.76. The summed E-state index contributed by atoms with van der Waals surface area (Å²) in [5.41, 5.74) is 0. The number of unbranched alkanes of at least 4 members (excludes halogenated alkanes) is 5. The summed E-state index contributed by atoms with van der Waals surface area (Å²) >= 11 is 17.9. The molecule has 18 heavy (non-hydrogen) atoms. The summed E-state index contributed by atoms with van der Waals surface area (Å²) in [5, 5.41) is 0. The van der Waals surface area contributed by atoms with E-state index >= 15 is 0 Å². The molecule has 0 amide bonds. The fraction of sp³-hybridized carbons (Fsp3) is 0.929. The highest BCUT2D eigenvalue weighted by atomic mass is 35.6. The van der Waals surface area contributed by atoms with Crippen LogP contribution in [0.25, 0.3) is 0 Å². The van der Waals surface area contributed by atoms with Crippen molar-refractivity contribution in [2.75, 3.05) is 13.2 Å². The van der Waals surface area contributed by atoms with Crippen LogP contribution in [0.15, 0.2) is 0 Å². The van der Waals surface area contributed by atoms with E-state index in [2.05, 4.69) is 13.8 Å². The molecule has 0 aromatic carbocycles. The summed E-state index contributed by atoms with van der Waals surface area (Å²) in [7, 11) is 0. The molecular weight excluding hydrogens is 291 g/mol. The topological polar surface area (TPSA) is 9.23 Å². The number of alkyl halides is 3. The normalized spacial score (nSPS) is 13.8. The number of hydrogen-bond acceptors (Lipinski definition) is 1. The Morgan fingerprint density at radius 2 is 1.78 bits per heavy atom. The monoisotopic (exact) mass is 315 g/mol. The van der Waals surface area contributed by atoms with Crippen LogP contribution in [0.5, 0.6) is 0 Å². The summed E-state index contributed by atoms with van der Waals surface area (Å²) in [5.74, 6) is 0.00175. The quantitative estimate of drug-likeness (QED) is 0.337. The van der Waals surface area contributed by atoms with E-state index < -0.39 is 3.79 Å². The van der Waals surface area contributed by atoms with Gasteiger partial charge in [-0.2, -0.15) is 0 Å². The molecule has 0 spiro atoms. The van der Waals surface area contributed by atoms with Gasteiger partial charge in [-0.3, -0.25) is 0 Å². The molecule has 0 fully saturated rings. The van der Waals surface area contributed by atoms with Gasteiger partial charge in [0.15, 0.2) is 3.79 Å². The third-order valence-corrected chi connectivity index (χ3v) is 3.90. The molecule has 0 aliphatic rings. The van der Waals surface area contributed by atoms with Crippen molar-refractivity contribution in [1.29, 1.82) is 0 Å². The molecule has 0 aliphatic heterocycles. The molecule has 0 aliphatic carbocycles. The van der Waals surface area contributed by atoms with E-state index in [4.69, 9.17) is 39.5 Å². The van der Waals surface area contributed by atoms with Crippen LogP contribution in [0.3, 0.4) is 0 Å². The van der Waals surface area contributed by atoms with E-state index in [-0.39, 0.29) is 5.92 Å². The van der Waals surface area contributed by atoms with Crippen LogP contribution in [0.4, 0.5) is 0 Å². The second-order valence-electron chi connectivity index (χ2n) is 4.72. The molecule has 0 aromatic heterocycles. The van der Waals surface area contributed by atoms with Gasteiger partial charge in [-0.1, -0.05) is 87.2 Å². The van der Waals surface area contributed by atoms with Crippen molar-refractivity contribution >= 4 is 34.8 Å². The van der Waals surface area contributed by atoms with E-state index in [1.54, 1.807) is 0 Å². The van der Waals surface area contributed by atoms with E-state index in [0.717, 1.165) is 45.1 Å². The standard InChI is InChI=1S/C14H26Cl3O/c1-3-5-7-9-11-18-12-13(14(15,16)17)10-8-6-4-2/h13H,1,3-12H2,2H3. The lowest BCUT2D eigenvalue weighted by molar-refractivity contribution is 0.0932. The maximum atomic E-state index is 5.98. The molecule has 1 atom stereocenters. The van der Waals surface area contributed by atoms with Crippen LogP contribution in [-0.2, 0) is 4.74 Å². The summed E-state index contributed by atoms with van der Waals surface area (Å²) < 4.78 is 4.42. The van der Waals surface area contributed by atoms with Crippen LogP contribution in [-0.4, -0.2) is 17.0 Å². The van der Waals surface area contributed by atoms with Gasteiger partial charge in [-0.25, -0.2) is 0 Å². The van der Waals surface area contributed by atoms with Crippen LogP contribution in [0, 0.1) is 12.8 Å². The molecule has 0 saturated carbocycles. The average Bonchev–Trinajstić information content (AvgIpc) is 2.30. The van der Waals surface area contributed by atoms with Crippen molar-refractivity contribution in [2.24, 2.45) is 5.92 Å². The Kier molecular flexibility index (Phi) is 12.2. The van der Waals surface area contributed by atoms with Gasteiger partial charge in [0.1, 0.15) is 0 Å². The minimum absolute atomic E-state index is 0.00175. The molecule has 1 unspecified atom stereocenters. The van der Waals surface area contributed by atoms with Gasteiger partial charge in [0, 0.05) is 12.5 Å². The first-order valence-electron chi connectivity index (χ1n) is 6.96. The summed E-state index contributed by atoms with van der Waals surface area (Å²) in [6.45, 7) is 7.28. The third kappa shape index (κ3) is 10.7. The third-order valence-electron chi connectivity index (χ3n) is 2.98. The SMILES string of the molecule is [CH2]CCCCCOCC(CCCCC)C(Cl)(Cl)Cl. The molecule has 0 heterocycles. The van der Waals surface area contributed by atoms with Crippen LogP contribution >= 0.6 is 34.8 Å². The molecule has 109 valence electrons. The molecule has 0 bridgehead atoms. The zero-order valence-electron chi connectivity index (χ0n) is 11.4. The summed E-state index contributed by atoms with van der Waals surface area (Å²) in [4.78, 5) is 0. The minimum atomic E-state index is -1.21. The molecule has 0 aromatic rings. The lowest BCUT2D eigenvalue weighted by Crippen LogP contribution is -2.24. The molecule has 4 heteroatoms. The predicted octanol–water partition coefficient (Wildman–Crippen LogP) is 5.96. The maximum Gasteiger partial charge on any atom is 0.195 e. The molecular formula is C14H26Cl3O. The van der Waals surface area contributed by atoms with E-state index in [1.165, 1.54) is 12.8 Å². The van der Waals surface area contributed by atoms with Crippen molar-refractivity contribution in [3.8, 4) is 0 Å². The highest BCUT2D eigenvalue weighted by molar-refractivity contribution is 6.67. The van der Waals surface area contributed by atoms with Gasteiger partial charge < -0.3 is 4.74 Å². The van der Waals surface area contributed by atoms with Crippen LogP contribution in [0.2, 0.25) is 0 Å². The minimum Gasteiger partial charge on any atom is -0.381 e. The second kappa shape index (κ2) is 11.6. The Morgan fingerprint density at radius 1 is 1.06 bits per heavy atom. The zero-order chi connectivity index (χ0) is 13.9. The number of rotatable bonds is 11. The first-order valence-corrected chi connectivity index (χ1v) is 8.09. The molecule has 0 rings (SSSR count).